The standard InChI is InChI=1S/C30H39ClN8O2/c31-25-9-7-23(8-10-25)19-26(37-27(40)11-16-35-29-33-14-4-15-34-29)28(41)38-17-12-30(13-18-38,20-39-22-32-21-36-39)24-5-2-1-3-6-24/h4,7-10,14-15,21-22,24,26H,1-3,5-6,11-13,16-20H2,(H,37,40)(H,33,34,35)/t26-/m1/s1. The Balaban J connectivity index is 1.24. The first-order chi connectivity index (χ1) is 20.0. The monoisotopic (exact) mass is 578 g/mol. The Morgan fingerprint density at radius 1 is 1.05 bits per heavy atom. The average Bonchev–Trinajstić information content (AvgIpc) is 3.52. The Hall–Kier alpha value is -3.53. The van der Waals surface area contributed by atoms with Gasteiger partial charge in [0, 0.05) is 56.4 Å². The highest BCUT2D eigenvalue weighted by Gasteiger charge is 2.43. The van der Waals surface area contributed by atoms with E-state index >= 15 is 0 Å². The average molecular weight is 579 g/mol. The number of aromatic nitrogens is 5. The van der Waals surface area contributed by atoms with E-state index in [1.165, 1.54) is 32.1 Å². The van der Waals surface area contributed by atoms with Crippen LogP contribution in [0.15, 0.2) is 55.4 Å². The van der Waals surface area contributed by atoms with Crippen LogP contribution in [0.3, 0.4) is 0 Å². The Labute approximate surface area is 246 Å². The lowest BCUT2D eigenvalue weighted by Crippen LogP contribution is -2.54. The maximum absolute atomic E-state index is 13.9. The predicted molar refractivity (Wildman–Crippen MR) is 157 cm³/mol. The zero-order valence-electron chi connectivity index (χ0n) is 23.4. The van der Waals surface area contributed by atoms with Crippen LogP contribution >= 0.6 is 11.6 Å². The molecule has 41 heavy (non-hydrogen) atoms. The van der Waals surface area contributed by atoms with Crippen molar-refractivity contribution in [1.82, 2.24) is 34.9 Å². The molecule has 10 nitrogen and oxygen atoms in total. The smallest absolute Gasteiger partial charge is 0.245 e. The summed E-state index contributed by atoms with van der Waals surface area (Å²) in [7, 11) is 0. The van der Waals surface area contributed by atoms with Gasteiger partial charge in [0.05, 0.1) is 0 Å². The summed E-state index contributed by atoms with van der Waals surface area (Å²) in [6, 6.07) is 8.52. The number of hydrogen-bond acceptors (Lipinski definition) is 7. The molecular weight excluding hydrogens is 540 g/mol. The lowest BCUT2D eigenvalue weighted by molar-refractivity contribution is -0.139. The number of likely N-dealkylation sites (tertiary alicyclic amines) is 1. The van der Waals surface area contributed by atoms with Crippen LogP contribution in [0.25, 0.3) is 0 Å². The Morgan fingerprint density at radius 2 is 1.78 bits per heavy atom. The number of halogens is 1. The predicted octanol–water partition coefficient (Wildman–Crippen LogP) is 4.14. The maximum Gasteiger partial charge on any atom is 0.245 e. The Kier molecular flexibility index (Phi) is 9.82. The van der Waals surface area contributed by atoms with E-state index in [1.54, 1.807) is 31.1 Å². The molecule has 0 radical (unpaired) electrons. The second-order valence-electron chi connectivity index (χ2n) is 11.3. The van der Waals surface area contributed by atoms with Gasteiger partial charge in [-0.3, -0.25) is 14.3 Å². The summed E-state index contributed by atoms with van der Waals surface area (Å²) < 4.78 is 1.96. The zero-order chi connectivity index (χ0) is 28.5. The third kappa shape index (κ3) is 7.81. The van der Waals surface area contributed by atoms with Crippen LogP contribution in [0, 0.1) is 11.3 Å². The second kappa shape index (κ2) is 13.9. The normalized spacial score (nSPS) is 18.0. The number of benzene rings is 1. The van der Waals surface area contributed by atoms with E-state index in [4.69, 9.17) is 11.6 Å². The molecule has 218 valence electrons. The van der Waals surface area contributed by atoms with E-state index in [-0.39, 0.29) is 23.7 Å². The lowest BCUT2D eigenvalue weighted by Gasteiger charge is -2.48. The molecule has 5 rings (SSSR count). The van der Waals surface area contributed by atoms with Gasteiger partial charge in [-0.15, -0.1) is 0 Å². The first kappa shape index (κ1) is 29.0. The number of carbonyl (C=O) groups excluding carboxylic acids is 2. The third-order valence-corrected chi connectivity index (χ3v) is 8.92. The van der Waals surface area contributed by atoms with Gasteiger partial charge in [0.25, 0.3) is 0 Å². The number of rotatable bonds is 11. The molecule has 0 unspecified atom stereocenters. The zero-order valence-corrected chi connectivity index (χ0v) is 24.2. The van der Waals surface area contributed by atoms with Crippen molar-refractivity contribution in [3.8, 4) is 0 Å². The molecule has 2 N–H and O–H groups in total. The van der Waals surface area contributed by atoms with E-state index < -0.39 is 6.04 Å². The summed E-state index contributed by atoms with van der Waals surface area (Å²) in [5.74, 6) is 0.865. The van der Waals surface area contributed by atoms with Crippen molar-refractivity contribution in [3.63, 3.8) is 0 Å². The molecule has 11 heteroatoms. The molecule has 2 aromatic heterocycles. The van der Waals surface area contributed by atoms with Gasteiger partial charge in [-0.05, 0) is 60.8 Å². The van der Waals surface area contributed by atoms with Gasteiger partial charge >= 0.3 is 0 Å². The third-order valence-electron chi connectivity index (χ3n) is 8.67. The van der Waals surface area contributed by atoms with Gasteiger partial charge in [0.1, 0.15) is 18.7 Å². The van der Waals surface area contributed by atoms with Gasteiger partial charge in [0.15, 0.2) is 0 Å². The summed E-state index contributed by atoms with van der Waals surface area (Å²) in [6.07, 6.45) is 15.5. The largest absolute Gasteiger partial charge is 0.354 e. The SMILES string of the molecule is O=C(CCNc1ncccn1)N[C@H](Cc1ccc(Cl)cc1)C(=O)N1CCC(Cn2cncn2)(C2CCCCC2)CC1. The fraction of sp³-hybridized carbons (Fsp3) is 0.533. The van der Waals surface area contributed by atoms with E-state index in [2.05, 4.69) is 30.7 Å². The van der Waals surface area contributed by atoms with Crippen LogP contribution < -0.4 is 10.6 Å². The molecule has 2 amide bonds. The fourth-order valence-electron chi connectivity index (χ4n) is 6.44. The topological polar surface area (TPSA) is 118 Å². The molecule has 1 aliphatic heterocycles. The highest BCUT2D eigenvalue weighted by molar-refractivity contribution is 6.30. The maximum atomic E-state index is 13.9. The first-order valence-corrected chi connectivity index (χ1v) is 15.0. The number of amides is 2. The second-order valence-corrected chi connectivity index (χ2v) is 11.8. The highest BCUT2D eigenvalue weighted by atomic mass is 35.5. The van der Waals surface area contributed by atoms with Crippen LogP contribution in [0.5, 0.6) is 0 Å². The number of anilines is 1. The molecule has 1 aromatic carbocycles. The molecule has 1 saturated heterocycles. The summed E-state index contributed by atoms with van der Waals surface area (Å²) in [6.45, 7) is 2.55. The van der Waals surface area contributed by atoms with E-state index in [0.29, 0.717) is 42.9 Å². The lowest BCUT2D eigenvalue weighted by atomic mass is 9.63. The molecule has 3 heterocycles. The minimum atomic E-state index is -0.658. The van der Waals surface area contributed by atoms with Crippen molar-refractivity contribution in [1.29, 1.82) is 0 Å². The van der Waals surface area contributed by atoms with Crippen molar-refractivity contribution in [3.05, 3.63) is 66.0 Å². The van der Waals surface area contributed by atoms with Gasteiger partial charge in [-0.2, -0.15) is 5.10 Å². The van der Waals surface area contributed by atoms with Gasteiger partial charge in [-0.25, -0.2) is 15.0 Å². The summed E-state index contributed by atoms with van der Waals surface area (Å²) in [5, 5.41) is 11.1. The minimum absolute atomic E-state index is 0.0364. The molecule has 3 aromatic rings. The first-order valence-electron chi connectivity index (χ1n) is 14.7. The van der Waals surface area contributed by atoms with Crippen LogP contribution in [-0.4, -0.2) is 67.1 Å². The Bertz CT molecular complexity index is 1240. The van der Waals surface area contributed by atoms with Crippen LogP contribution in [-0.2, 0) is 22.6 Å². The number of nitrogens with one attached hydrogen (secondary N) is 2. The van der Waals surface area contributed by atoms with Crippen molar-refractivity contribution < 1.29 is 9.59 Å². The fourth-order valence-corrected chi connectivity index (χ4v) is 6.57. The van der Waals surface area contributed by atoms with Crippen molar-refractivity contribution in [2.45, 2.75) is 70.4 Å². The Morgan fingerprint density at radius 3 is 2.46 bits per heavy atom. The van der Waals surface area contributed by atoms with Gasteiger partial charge in [0.2, 0.25) is 17.8 Å². The van der Waals surface area contributed by atoms with Crippen LogP contribution in [0.1, 0.15) is 56.9 Å². The summed E-state index contributed by atoms with van der Waals surface area (Å²) in [5.41, 5.74) is 1.05. The van der Waals surface area contributed by atoms with E-state index in [1.807, 2.05) is 33.8 Å². The molecular formula is C30H39ClN8O2. The molecule has 1 aliphatic carbocycles. The van der Waals surface area contributed by atoms with Gasteiger partial charge < -0.3 is 15.5 Å². The van der Waals surface area contributed by atoms with Gasteiger partial charge in [-0.1, -0.05) is 43.0 Å². The molecule has 0 bridgehead atoms. The quantitative estimate of drug-likeness (QED) is 0.351. The van der Waals surface area contributed by atoms with Crippen molar-refractivity contribution in [2.24, 2.45) is 11.3 Å². The van der Waals surface area contributed by atoms with Crippen LogP contribution in [0.4, 0.5) is 5.95 Å². The molecule has 2 fully saturated rings. The summed E-state index contributed by atoms with van der Waals surface area (Å²) in [4.78, 5) is 41.2. The highest BCUT2D eigenvalue weighted by Crippen LogP contribution is 2.47. The number of hydrogen-bond donors (Lipinski definition) is 2. The number of piperidine rings is 1. The van der Waals surface area contributed by atoms with E-state index in [9.17, 15) is 9.59 Å². The molecule has 1 atom stereocenters. The summed E-state index contributed by atoms with van der Waals surface area (Å²) >= 11 is 6.09. The van der Waals surface area contributed by atoms with Crippen molar-refractivity contribution >= 4 is 29.4 Å². The number of nitrogens with zero attached hydrogens (tertiary/aromatic N) is 6. The van der Waals surface area contributed by atoms with Crippen molar-refractivity contribution in [2.75, 3.05) is 25.0 Å². The minimum Gasteiger partial charge on any atom is -0.354 e. The van der Waals surface area contributed by atoms with Crippen LogP contribution in [0.2, 0.25) is 5.02 Å². The molecule has 1 saturated carbocycles. The van der Waals surface area contributed by atoms with E-state index in [0.717, 1.165) is 24.9 Å². The number of carbonyl (C=O) groups is 2. The molecule has 0 spiro atoms. The molecule has 2 aliphatic rings.